The molecule has 94 valence electrons. The molecule has 0 amide bonds. The smallest absolute Gasteiger partial charge is 0.0807 e. The molecule has 0 saturated heterocycles. The van der Waals surface area contributed by atoms with Crippen LogP contribution in [0.4, 0.5) is 0 Å². The van der Waals surface area contributed by atoms with Crippen LogP contribution in [0.3, 0.4) is 0 Å². The van der Waals surface area contributed by atoms with Crippen molar-refractivity contribution in [1.82, 2.24) is 4.57 Å². The fraction of sp³-hybridized carbons (Fsp3) is 0.733. The first kappa shape index (κ1) is 11.3. The Bertz CT molecular complexity index is 428. The molecule has 1 fully saturated rings. The van der Waals surface area contributed by atoms with Gasteiger partial charge in [-0.1, -0.05) is 6.92 Å². The summed E-state index contributed by atoms with van der Waals surface area (Å²) < 4.78 is 2.49. The zero-order valence-corrected chi connectivity index (χ0v) is 11.0. The van der Waals surface area contributed by atoms with Gasteiger partial charge in [-0.05, 0) is 56.9 Å². The van der Waals surface area contributed by atoms with Gasteiger partial charge in [0.25, 0.3) is 0 Å². The topological polar surface area (TPSA) is 25.2 Å². The summed E-state index contributed by atoms with van der Waals surface area (Å²) in [5.41, 5.74) is 4.55. The summed E-state index contributed by atoms with van der Waals surface area (Å²) in [7, 11) is 0. The average molecular weight is 233 g/mol. The first-order chi connectivity index (χ1) is 8.15. The predicted molar refractivity (Wildman–Crippen MR) is 69.0 cm³/mol. The van der Waals surface area contributed by atoms with Gasteiger partial charge in [0.1, 0.15) is 0 Å². The Morgan fingerprint density at radius 3 is 2.88 bits per heavy atom. The van der Waals surface area contributed by atoms with Crippen LogP contribution in [-0.4, -0.2) is 9.67 Å². The molecule has 1 saturated carbocycles. The lowest BCUT2D eigenvalue weighted by Gasteiger charge is -2.23. The fourth-order valence-electron chi connectivity index (χ4n) is 3.30. The second kappa shape index (κ2) is 3.88. The van der Waals surface area contributed by atoms with Gasteiger partial charge in [0, 0.05) is 23.5 Å². The number of aromatic nitrogens is 1. The second-order valence-corrected chi connectivity index (χ2v) is 6.04. The highest BCUT2D eigenvalue weighted by Gasteiger charge is 2.41. The summed E-state index contributed by atoms with van der Waals surface area (Å²) in [5, 5.41) is 10.1. The van der Waals surface area contributed by atoms with Crippen molar-refractivity contribution >= 4 is 0 Å². The molecular weight excluding hydrogens is 210 g/mol. The third-order valence-electron chi connectivity index (χ3n) is 4.90. The SMILES string of the molecule is CCC1(Cn2c(C)cc3c2CCCC3O)CC1. The lowest BCUT2D eigenvalue weighted by atomic mass is 9.95. The monoisotopic (exact) mass is 233 g/mol. The minimum atomic E-state index is -0.213. The van der Waals surface area contributed by atoms with Crippen molar-refractivity contribution in [2.45, 2.75) is 65.0 Å². The number of aliphatic hydroxyl groups excluding tert-OH is 1. The van der Waals surface area contributed by atoms with E-state index in [0.717, 1.165) is 19.3 Å². The van der Waals surface area contributed by atoms with E-state index in [1.165, 1.54) is 42.8 Å². The van der Waals surface area contributed by atoms with E-state index >= 15 is 0 Å². The Kier molecular flexibility index (Phi) is 2.58. The van der Waals surface area contributed by atoms with Gasteiger partial charge < -0.3 is 9.67 Å². The molecule has 2 aliphatic carbocycles. The van der Waals surface area contributed by atoms with Crippen molar-refractivity contribution < 1.29 is 5.11 Å². The lowest BCUT2D eigenvalue weighted by Crippen LogP contribution is -2.17. The zero-order valence-electron chi connectivity index (χ0n) is 11.0. The van der Waals surface area contributed by atoms with Crippen LogP contribution < -0.4 is 0 Å². The highest BCUT2D eigenvalue weighted by atomic mass is 16.3. The Morgan fingerprint density at radius 1 is 1.47 bits per heavy atom. The van der Waals surface area contributed by atoms with Crippen molar-refractivity contribution in [3.63, 3.8) is 0 Å². The van der Waals surface area contributed by atoms with Gasteiger partial charge in [0.05, 0.1) is 6.10 Å². The molecule has 0 bridgehead atoms. The Morgan fingerprint density at radius 2 is 2.24 bits per heavy atom. The maximum absolute atomic E-state index is 10.1. The first-order valence-electron chi connectivity index (χ1n) is 7.02. The number of hydrogen-bond donors (Lipinski definition) is 1. The maximum Gasteiger partial charge on any atom is 0.0807 e. The number of aliphatic hydroxyl groups is 1. The van der Waals surface area contributed by atoms with Crippen LogP contribution in [0.1, 0.15) is 62.1 Å². The number of nitrogens with zero attached hydrogens (tertiary/aromatic N) is 1. The van der Waals surface area contributed by atoms with E-state index < -0.39 is 0 Å². The summed E-state index contributed by atoms with van der Waals surface area (Å²) in [6, 6.07) is 2.21. The van der Waals surface area contributed by atoms with E-state index in [1.807, 2.05) is 0 Å². The van der Waals surface area contributed by atoms with Gasteiger partial charge in [0.2, 0.25) is 0 Å². The molecule has 1 aromatic heterocycles. The van der Waals surface area contributed by atoms with Crippen molar-refractivity contribution in [3.05, 3.63) is 23.0 Å². The Labute approximate surface area is 104 Å². The molecule has 0 spiro atoms. The molecule has 1 aromatic rings. The molecule has 1 heterocycles. The van der Waals surface area contributed by atoms with E-state index in [9.17, 15) is 5.11 Å². The van der Waals surface area contributed by atoms with Crippen molar-refractivity contribution in [2.24, 2.45) is 5.41 Å². The predicted octanol–water partition coefficient (Wildman–Crippen LogP) is 3.36. The van der Waals surface area contributed by atoms with Crippen molar-refractivity contribution in [3.8, 4) is 0 Å². The average Bonchev–Trinajstić information content (AvgIpc) is 3.02. The molecule has 2 nitrogen and oxygen atoms in total. The summed E-state index contributed by atoms with van der Waals surface area (Å²) in [6.07, 6.45) is 7.08. The molecule has 17 heavy (non-hydrogen) atoms. The van der Waals surface area contributed by atoms with Crippen LogP contribution in [0.5, 0.6) is 0 Å². The van der Waals surface area contributed by atoms with Crippen molar-refractivity contribution in [1.29, 1.82) is 0 Å². The summed E-state index contributed by atoms with van der Waals surface area (Å²) in [5.74, 6) is 0. The fourth-order valence-corrected chi connectivity index (χ4v) is 3.30. The van der Waals surface area contributed by atoms with Crippen LogP contribution in [0.15, 0.2) is 6.07 Å². The quantitative estimate of drug-likeness (QED) is 0.851. The maximum atomic E-state index is 10.1. The van der Waals surface area contributed by atoms with Crippen LogP contribution in [0.2, 0.25) is 0 Å². The molecule has 1 unspecified atom stereocenters. The third kappa shape index (κ3) is 1.83. The third-order valence-corrected chi connectivity index (χ3v) is 4.90. The van der Waals surface area contributed by atoms with E-state index in [1.54, 1.807) is 0 Å². The lowest BCUT2D eigenvalue weighted by molar-refractivity contribution is 0.155. The molecule has 2 heteroatoms. The van der Waals surface area contributed by atoms with Crippen molar-refractivity contribution in [2.75, 3.05) is 0 Å². The number of aryl methyl sites for hydroxylation is 1. The van der Waals surface area contributed by atoms with E-state index in [0.29, 0.717) is 5.41 Å². The number of hydrogen-bond acceptors (Lipinski definition) is 1. The van der Waals surface area contributed by atoms with Crippen LogP contribution in [0, 0.1) is 12.3 Å². The largest absolute Gasteiger partial charge is 0.388 e. The summed E-state index contributed by atoms with van der Waals surface area (Å²) >= 11 is 0. The van der Waals surface area contributed by atoms with E-state index in [4.69, 9.17) is 0 Å². The molecule has 2 aliphatic rings. The highest BCUT2D eigenvalue weighted by Crippen LogP contribution is 2.50. The number of fused-ring (bicyclic) bond motifs is 1. The number of rotatable bonds is 3. The minimum absolute atomic E-state index is 0.213. The van der Waals surface area contributed by atoms with E-state index in [-0.39, 0.29) is 6.10 Å². The molecule has 3 rings (SSSR count). The zero-order chi connectivity index (χ0) is 12.0. The Hall–Kier alpha value is -0.760. The van der Waals surface area contributed by atoms with Gasteiger partial charge >= 0.3 is 0 Å². The van der Waals surface area contributed by atoms with Gasteiger partial charge in [-0.3, -0.25) is 0 Å². The first-order valence-corrected chi connectivity index (χ1v) is 7.02. The van der Waals surface area contributed by atoms with Crippen LogP contribution in [0.25, 0.3) is 0 Å². The van der Waals surface area contributed by atoms with Crippen LogP contribution in [-0.2, 0) is 13.0 Å². The normalized spacial score (nSPS) is 25.7. The molecule has 0 radical (unpaired) electrons. The second-order valence-electron chi connectivity index (χ2n) is 6.04. The Balaban J connectivity index is 1.94. The highest BCUT2D eigenvalue weighted by molar-refractivity contribution is 5.32. The summed E-state index contributed by atoms with van der Waals surface area (Å²) in [6.45, 7) is 5.68. The van der Waals surface area contributed by atoms with Gasteiger partial charge in [-0.15, -0.1) is 0 Å². The standard InChI is InChI=1S/C15H23NO/c1-3-15(7-8-15)10-16-11(2)9-12-13(16)5-4-6-14(12)17/h9,14,17H,3-8,10H2,1-2H3. The molecule has 0 aliphatic heterocycles. The molecule has 1 atom stereocenters. The molecule has 0 aromatic carbocycles. The summed E-state index contributed by atoms with van der Waals surface area (Å²) in [4.78, 5) is 0. The molecule has 1 N–H and O–H groups in total. The van der Waals surface area contributed by atoms with Gasteiger partial charge in [-0.25, -0.2) is 0 Å². The van der Waals surface area contributed by atoms with Gasteiger partial charge in [0.15, 0.2) is 0 Å². The van der Waals surface area contributed by atoms with Crippen LogP contribution >= 0.6 is 0 Å². The van der Waals surface area contributed by atoms with Gasteiger partial charge in [-0.2, -0.15) is 0 Å². The van der Waals surface area contributed by atoms with E-state index in [2.05, 4.69) is 24.5 Å². The minimum Gasteiger partial charge on any atom is -0.388 e. The molecular formula is C15H23NO.